The van der Waals surface area contributed by atoms with Gasteiger partial charge in [-0.1, -0.05) is 148 Å². The van der Waals surface area contributed by atoms with Gasteiger partial charge in [-0.3, -0.25) is 0 Å². The van der Waals surface area contributed by atoms with E-state index in [1.165, 1.54) is 135 Å². The third-order valence-electron chi connectivity index (χ3n) is 12.3. The summed E-state index contributed by atoms with van der Waals surface area (Å²) in [6, 6.07) is 0. The predicted molar refractivity (Wildman–Crippen MR) is 195 cm³/mol. The molecule has 5 nitrogen and oxygen atoms in total. The fraction of sp³-hybridized carbons (Fsp3) is 0.905. The van der Waals surface area contributed by atoms with Crippen LogP contribution in [-0.2, 0) is 19.1 Å². The van der Waals surface area contributed by atoms with E-state index in [-0.39, 0.29) is 18.1 Å². The van der Waals surface area contributed by atoms with E-state index in [2.05, 4.69) is 6.92 Å². The molecule has 0 aromatic heterocycles. The van der Waals surface area contributed by atoms with Crippen LogP contribution in [0.1, 0.15) is 200 Å². The van der Waals surface area contributed by atoms with Gasteiger partial charge in [0.15, 0.2) is 0 Å². The lowest BCUT2D eigenvalue weighted by molar-refractivity contribution is -0.146. The maximum atomic E-state index is 14.8. The molecule has 3 aliphatic rings. The summed E-state index contributed by atoms with van der Waals surface area (Å²) in [5.74, 6) is -0.340. The molecular formula is C42H74O5. The number of carbonyl (C=O) groups excluding carboxylic acids is 1. The van der Waals surface area contributed by atoms with Crippen molar-refractivity contribution < 1.29 is 24.2 Å². The number of rotatable bonds is 12. The SMILES string of the molecule is CCCCOCCOC(=O)C(=C(C)C(=O)O)C(C1CCCCCCCCC1)(C1CCCCCCCCC1)C1CCCCCCCCC1. The lowest BCUT2D eigenvalue weighted by atomic mass is 9.49. The minimum atomic E-state index is -0.944. The third kappa shape index (κ3) is 13.1. The molecule has 0 bridgehead atoms. The molecular weight excluding hydrogens is 584 g/mol. The normalized spacial score (nSPS) is 22.5. The molecule has 3 fully saturated rings. The van der Waals surface area contributed by atoms with Crippen LogP contribution in [0.5, 0.6) is 0 Å². The molecule has 47 heavy (non-hydrogen) atoms. The highest BCUT2D eigenvalue weighted by atomic mass is 16.6. The van der Waals surface area contributed by atoms with Gasteiger partial charge in [-0.05, 0) is 69.6 Å². The fourth-order valence-electron chi connectivity index (χ4n) is 9.85. The van der Waals surface area contributed by atoms with Gasteiger partial charge in [-0.25, -0.2) is 9.59 Å². The maximum absolute atomic E-state index is 14.8. The first-order valence-corrected chi connectivity index (χ1v) is 20.7. The fourth-order valence-corrected chi connectivity index (χ4v) is 9.85. The second-order valence-corrected chi connectivity index (χ2v) is 15.6. The van der Waals surface area contributed by atoms with Crippen LogP contribution in [0, 0.1) is 23.2 Å². The van der Waals surface area contributed by atoms with Crippen molar-refractivity contribution in [2.45, 2.75) is 200 Å². The first kappa shape index (κ1) is 40.1. The van der Waals surface area contributed by atoms with Gasteiger partial charge in [0.05, 0.1) is 12.2 Å². The van der Waals surface area contributed by atoms with E-state index in [1.54, 1.807) is 6.92 Å². The highest BCUT2D eigenvalue weighted by Crippen LogP contribution is 2.59. The molecule has 0 aliphatic heterocycles. The summed E-state index contributed by atoms with van der Waals surface area (Å²) >= 11 is 0. The van der Waals surface area contributed by atoms with Gasteiger partial charge < -0.3 is 14.6 Å². The van der Waals surface area contributed by atoms with Crippen LogP contribution in [0.3, 0.4) is 0 Å². The van der Waals surface area contributed by atoms with E-state index in [4.69, 9.17) is 9.47 Å². The van der Waals surface area contributed by atoms with Crippen LogP contribution in [0.2, 0.25) is 0 Å². The molecule has 0 aromatic carbocycles. The second-order valence-electron chi connectivity index (χ2n) is 15.6. The number of carboxylic acids is 1. The molecule has 0 heterocycles. The smallest absolute Gasteiger partial charge is 0.335 e. The van der Waals surface area contributed by atoms with Gasteiger partial charge in [0.1, 0.15) is 6.61 Å². The molecule has 272 valence electrons. The summed E-state index contributed by atoms with van der Waals surface area (Å²) in [4.78, 5) is 28.0. The average Bonchev–Trinajstić information content (AvgIpc) is 3.08. The topological polar surface area (TPSA) is 72.8 Å². The largest absolute Gasteiger partial charge is 0.478 e. The van der Waals surface area contributed by atoms with E-state index in [0.29, 0.717) is 36.5 Å². The summed E-state index contributed by atoms with van der Waals surface area (Å²) in [6.45, 7) is 5.11. The van der Waals surface area contributed by atoms with Crippen molar-refractivity contribution in [3.63, 3.8) is 0 Å². The Balaban J connectivity index is 2.22. The van der Waals surface area contributed by atoms with E-state index in [1.807, 2.05) is 0 Å². The Morgan fingerprint density at radius 1 is 0.553 bits per heavy atom. The van der Waals surface area contributed by atoms with E-state index < -0.39 is 11.4 Å². The molecule has 0 atom stereocenters. The number of esters is 1. The zero-order valence-corrected chi connectivity index (χ0v) is 30.9. The summed E-state index contributed by atoms with van der Waals surface area (Å²) < 4.78 is 12.0. The molecule has 0 radical (unpaired) electrons. The van der Waals surface area contributed by atoms with Crippen molar-refractivity contribution >= 4 is 11.9 Å². The van der Waals surface area contributed by atoms with Crippen molar-refractivity contribution in [2.24, 2.45) is 23.2 Å². The molecule has 3 saturated carbocycles. The number of aliphatic carboxylic acids is 1. The van der Waals surface area contributed by atoms with Crippen molar-refractivity contribution in [1.82, 2.24) is 0 Å². The van der Waals surface area contributed by atoms with Crippen LogP contribution in [0.25, 0.3) is 0 Å². The molecule has 0 spiro atoms. The summed E-state index contributed by atoms with van der Waals surface area (Å²) in [7, 11) is 0. The van der Waals surface area contributed by atoms with E-state index >= 15 is 0 Å². The Kier molecular flexibility index (Phi) is 20.4. The summed E-state index contributed by atoms with van der Waals surface area (Å²) in [6.07, 6.45) is 35.1. The van der Waals surface area contributed by atoms with Crippen LogP contribution in [-0.4, -0.2) is 36.9 Å². The quantitative estimate of drug-likeness (QED) is 0.128. The Labute approximate surface area is 289 Å². The van der Waals surface area contributed by atoms with Crippen molar-refractivity contribution in [1.29, 1.82) is 0 Å². The highest BCUT2D eigenvalue weighted by Gasteiger charge is 2.55. The number of hydrogen-bond acceptors (Lipinski definition) is 4. The average molecular weight is 659 g/mol. The molecule has 5 heteroatoms. The summed E-state index contributed by atoms with van der Waals surface area (Å²) in [5, 5.41) is 10.8. The van der Waals surface area contributed by atoms with Gasteiger partial charge in [-0.15, -0.1) is 0 Å². The molecule has 3 rings (SSSR count). The lowest BCUT2D eigenvalue weighted by Gasteiger charge is -2.54. The van der Waals surface area contributed by atoms with Crippen LogP contribution in [0.15, 0.2) is 11.1 Å². The second kappa shape index (κ2) is 23.9. The van der Waals surface area contributed by atoms with Crippen molar-refractivity contribution in [3.8, 4) is 0 Å². The highest BCUT2D eigenvalue weighted by molar-refractivity contribution is 6.00. The van der Waals surface area contributed by atoms with E-state index in [9.17, 15) is 14.7 Å². The van der Waals surface area contributed by atoms with Crippen LogP contribution < -0.4 is 0 Å². The molecule has 3 aliphatic carbocycles. The minimum absolute atomic E-state index is 0.190. The molecule has 0 saturated heterocycles. The van der Waals surface area contributed by atoms with Gasteiger partial charge in [0, 0.05) is 17.6 Å². The zero-order valence-electron chi connectivity index (χ0n) is 30.9. The molecule has 0 unspecified atom stereocenters. The first-order chi connectivity index (χ1) is 23.0. The van der Waals surface area contributed by atoms with Crippen LogP contribution in [0.4, 0.5) is 0 Å². The number of hydrogen-bond donors (Lipinski definition) is 1. The van der Waals surface area contributed by atoms with Crippen molar-refractivity contribution in [3.05, 3.63) is 11.1 Å². The molecule has 1 N–H and O–H groups in total. The Morgan fingerprint density at radius 3 is 1.21 bits per heavy atom. The zero-order chi connectivity index (χ0) is 33.6. The first-order valence-electron chi connectivity index (χ1n) is 20.7. The molecule has 0 amide bonds. The van der Waals surface area contributed by atoms with Gasteiger partial charge >= 0.3 is 11.9 Å². The predicted octanol–water partition coefficient (Wildman–Crippen LogP) is 12.2. The van der Waals surface area contributed by atoms with Crippen LogP contribution >= 0.6 is 0 Å². The van der Waals surface area contributed by atoms with Gasteiger partial charge in [0.25, 0.3) is 0 Å². The number of ether oxygens (including phenoxy) is 2. The van der Waals surface area contributed by atoms with Gasteiger partial charge in [-0.2, -0.15) is 0 Å². The van der Waals surface area contributed by atoms with Crippen molar-refractivity contribution in [2.75, 3.05) is 19.8 Å². The Bertz CT molecular complexity index is 799. The van der Waals surface area contributed by atoms with E-state index in [0.717, 1.165) is 51.4 Å². The number of carbonyl (C=O) groups is 2. The maximum Gasteiger partial charge on any atom is 0.335 e. The van der Waals surface area contributed by atoms with Gasteiger partial charge in [0.2, 0.25) is 0 Å². The monoisotopic (exact) mass is 659 g/mol. The standard InChI is InChI=1S/C42H74O5/c1-3-4-32-46-33-34-47-41(45)39(35(2)40(43)44)42(36-26-20-14-8-5-9-15-21-27-36,37-28-22-16-10-6-11-17-23-29-37)38-30-24-18-12-7-13-19-25-31-38/h36-38H,3-34H2,1-2H3,(H,43,44). The molecule has 0 aromatic rings. The number of carboxylic acid groups (broad SMARTS) is 1. The lowest BCUT2D eigenvalue weighted by Crippen LogP contribution is -2.50. The summed E-state index contributed by atoms with van der Waals surface area (Å²) in [5.41, 5.74) is 0.373. The third-order valence-corrected chi connectivity index (χ3v) is 12.3. The minimum Gasteiger partial charge on any atom is -0.478 e. The number of unbranched alkanes of at least 4 members (excludes halogenated alkanes) is 1. The Hall–Kier alpha value is -1.36. The Morgan fingerprint density at radius 2 is 0.894 bits per heavy atom.